The highest BCUT2D eigenvalue weighted by Crippen LogP contribution is 2.43. The van der Waals surface area contributed by atoms with Gasteiger partial charge in [0, 0.05) is 16.3 Å². The molecule has 0 aromatic carbocycles. The van der Waals surface area contributed by atoms with Gasteiger partial charge in [0.1, 0.15) is 6.61 Å². The van der Waals surface area contributed by atoms with E-state index in [1.165, 1.54) is 11.3 Å². The van der Waals surface area contributed by atoms with Crippen molar-refractivity contribution in [1.82, 2.24) is 5.32 Å². The lowest BCUT2D eigenvalue weighted by Crippen LogP contribution is -2.45. The molecule has 0 bridgehead atoms. The number of carbonyl (C=O) groups excluding carboxylic acids is 2. The molecule has 0 fully saturated rings. The van der Waals surface area contributed by atoms with Crippen LogP contribution in [0.4, 0.5) is 0 Å². The second-order valence-electron chi connectivity index (χ2n) is 6.24. The van der Waals surface area contributed by atoms with Crippen LogP contribution in [0.25, 0.3) is 0 Å². The Balaban J connectivity index is 2.60. The fourth-order valence-corrected chi connectivity index (χ4v) is 3.82. The van der Waals surface area contributed by atoms with Gasteiger partial charge in [0.25, 0.3) is 0 Å². The summed E-state index contributed by atoms with van der Waals surface area (Å²) in [4.78, 5) is 26.7. The Morgan fingerprint density at radius 1 is 1.38 bits per heavy atom. The van der Waals surface area contributed by atoms with Gasteiger partial charge in [-0.25, -0.2) is 4.79 Å². The van der Waals surface area contributed by atoms with Crippen molar-refractivity contribution in [3.05, 3.63) is 45.4 Å². The van der Waals surface area contributed by atoms with E-state index >= 15 is 0 Å². The molecule has 1 aromatic heterocycles. The molecule has 1 aromatic rings. The van der Waals surface area contributed by atoms with Crippen LogP contribution in [0.2, 0.25) is 0 Å². The third-order valence-corrected chi connectivity index (χ3v) is 4.82. The summed E-state index contributed by atoms with van der Waals surface area (Å²) in [6, 6.07) is 5.56. The summed E-state index contributed by atoms with van der Waals surface area (Å²) in [5, 5.41) is 13.6. The molecule has 1 atom stereocenters. The van der Waals surface area contributed by atoms with Gasteiger partial charge in [0.15, 0.2) is 5.41 Å². The van der Waals surface area contributed by atoms with Crippen LogP contribution in [0.5, 0.6) is 0 Å². The van der Waals surface area contributed by atoms with Gasteiger partial charge < -0.3 is 14.8 Å². The first-order chi connectivity index (χ1) is 12.3. The van der Waals surface area contributed by atoms with E-state index in [9.17, 15) is 9.59 Å². The van der Waals surface area contributed by atoms with E-state index in [4.69, 9.17) is 14.7 Å². The molecule has 7 heteroatoms. The zero-order valence-electron chi connectivity index (χ0n) is 15.3. The highest BCUT2D eigenvalue weighted by Gasteiger charge is 2.51. The predicted molar refractivity (Wildman–Crippen MR) is 98.0 cm³/mol. The number of nitrogens with one attached hydrogen (secondary N) is 1. The lowest BCUT2D eigenvalue weighted by atomic mass is 9.75. The van der Waals surface area contributed by atoms with Crippen LogP contribution < -0.4 is 5.32 Å². The number of dihydropyridines is 1. The molecule has 1 N–H and O–H groups in total. The topological polar surface area (TPSA) is 88.4 Å². The fraction of sp³-hybridized carbons (Fsp3) is 0.421. The number of thiophene rings is 1. The molecule has 6 nitrogen and oxygen atoms in total. The van der Waals surface area contributed by atoms with Gasteiger partial charge >= 0.3 is 11.9 Å². The molecule has 1 aliphatic rings. The third-order valence-electron chi connectivity index (χ3n) is 3.81. The molecule has 0 aliphatic carbocycles. The van der Waals surface area contributed by atoms with Gasteiger partial charge in [-0.05, 0) is 45.2 Å². The smallest absolute Gasteiger partial charge is 0.337 e. The highest BCUT2D eigenvalue weighted by atomic mass is 32.1. The van der Waals surface area contributed by atoms with Crippen LogP contribution in [0.3, 0.4) is 0 Å². The van der Waals surface area contributed by atoms with Gasteiger partial charge in [-0.2, -0.15) is 5.26 Å². The molecule has 138 valence electrons. The van der Waals surface area contributed by atoms with Crippen LogP contribution in [0.15, 0.2) is 40.6 Å². The van der Waals surface area contributed by atoms with E-state index in [1.807, 2.05) is 24.4 Å². The molecule has 0 saturated heterocycles. The van der Waals surface area contributed by atoms with Gasteiger partial charge in [-0.15, -0.1) is 11.3 Å². The Labute approximate surface area is 157 Å². The number of nitriles is 1. The summed E-state index contributed by atoms with van der Waals surface area (Å²) in [5.74, 6) is -1.16. The molecule has 2 heterocycles. The summed E-state index contributed by atoms with van der Waals surface area (Å²) >= 11 is 1.37. The van der Waals surface area contributed by atoms with Crippen LogP contribution >= 0.6 is 11.3 Å². The molecular weight excluding hydrogens is 352 g/mol. The highest BCUT2D eigenvalue weighted by molar-refractivity contribution is 7.10. The van der Waals surface area contributed by atoms with Gasteiger partial charge in [0.05, 0.1) is 24.2 Å². The average molecular weight is 374 g/mol. The molecule has 0 saturated carbocycles. The minimum atomic E-state index is -1.37. The van der Waals surface area contributed by atoms with Crippen molar-refractivity contribution in [1.29, 1.82) is 5.26 Å². The normalized spacial score (nSPS) is 19.5. The first-order valence-electron chi connectivity index (χ1n) is 8.30. The Kier molecular flexibility index (Phi) is 6.22. The number of hydrogen-bond donors (Lipinski definition) is 1. The Morgan fingerprint density at radius 3 is 2.69 bits per heavy atom. The van der Waals surface area contributed by atoms with E-state index in [1.54, 1.807) is 32.9 Å². The maximum atomic E-state index is 13.2. The Hall–Kier alpha value is -2.59. The van der Waals surface area contributed by atoms with Crippen LogP contribution in [0, 0.1) is 11.3 Å². The van der Waals surface area contributed by atoms with E-state index in [2.05, 4.69) is 5.32 Å². The molecule has 2 rings (SSSR count). The summed E-state index contributed by atoms with van der Waals surface area (Å²) in [5.41, 5.74) is 0.0853. The fourth-order valence-electron chi connectivity index (χ4n) is 2.93. The van der Waals surface area contributed by atoms with Crippen molar-refractivity contribution in [2.24, 2.45) is 0 Å². The summed E-state index contributed by atoms with van der Waals surface area (Å²) in [7, 11) is 0. The van der Waals surface area contributed by atoms with E-state index in [0.29, 0.717) is 10.6 Å². The number of carbonyl (C=O) groups is 2. The summed E-state index contributed by atoms with van der Waals surface area (Å²) in [6.07, 6.45) is 1.46. The summed E-state index contributed by atoms with van der Waals surface area (Å²) < 4.78 is 10.8. The molecule has 1 aliphatic heterocycles. The number of rotatable bonds is 6. The van der Waals surface area contributed by atoms with E-state index < -0.39 is 17.4 Å². The van der Waals surface area contributed by atoms with Crippen LogP contribution in [-0.2, 0) is 24.5 Å². The van der Waals surface area contributed by atoms with Crippen molar-refractivity contribution >= 4 is 23.3 Å². The Bertz CT molecular complexity index is 787. The van der Waals surface area contributed by atoms with Gasteiger partial charge in [-0.3, -0.25) is 4.79 Å². The number of ether oxygens (including phenoxy) is 2. The number of nitrogens with zero attached hydrogens (tertiary/aromatic N) is 1. The van der Waals surface area contributed by atoms with Crippen molar-refractivity contribution in [3.63, 3.8) is 0 Å². The molecule has 0 radical (unpaired) electrons. The maximum Gasteiger partial charge on any atom is 0.337 e. The number of esters is 2. The summed E-state index contributed by atoms with van der Waals surface area (Å²) in [6.45, 7) is 7.04. The number of allylic oxidation sites excluding steroid dienone is 2. The third kappa shape index (κ3) is 3.81. The first kappa shape index (κ1) is 19.7. The lowest BCUT2D eigenvalue weighted by molar-refractivity contribution is -0.154. The molecule has 1 unspecified atom stereocenters. The molecule has 26 heavy (non-hydrogen) atoms. The minimum Gasteiger partial charge on any atom is -0.462 e. The van der Waals surface area contributed by atoms with Crippen LogP contribution in [0.1, 0.15) is 39.0 Å². The second-order valence-corrected chi connectivity index (χ2v) is 7.18. The van der Waals surface area contributed by atoms with E-state index in [-0.39, 0.29) is 24.7 Å². The maximum absolute atomic E-state index is 13.2. The van der Waals surface area contributed by atoms with Crippen molar-refractivity contribution in [2.45, 2.75) is 45.6 Å². The van der Waals surface area contributed by atoms with Crippen molar-refractivity contribution in [3.8, 4) is 6.07 Å². The molecule has 0 amide bonds. The second kappa shape index (κ2) is 8.19. The SMILES string of the molecule is CC1=CC(C(=O)OC(C)C)(c2cccs2)C(C(=O)OCCC#N)=C(C)N1. The average Bonchev–Trinajstić information content (AvgIpc) is 3.08. The standard InChI is InChI=1S/C19H22N2O4S/c1-12(2)25-18(23)19(15-7-5-10-26-15)11-13(3)21-14(4)16(19)17(22)24-9-6-8-20/h5,7,10-12,21H,6,9H2,1-4H3. The zero-order valence-corrected chi connectivity index (χ0v) is 16.1. The molecular formula is C19H22N2O4S. The quantitative estimate of drug-likeness (QED) is 0.608. The largest absolute Gasteiger partial charge is 0.462 e. The zero-order chi connectivity index (χ0) is 19.3. The minimum absolute atomic E-state index is 0.0332. The Morgan fingerprint density at radius 2 is 2.12 bits per heavy atom. The van der Waals surface area contributed by atoms with Crippen molar-refractivity contribution in [2.75, 3.05) is 6.61 Å². The molecule has 0 spiro atoms. The number of hydrogen-bond acceptors (Lipinski definition) is 7. The van der Waals surface area contributed by atoms with Gasteiger partial charge in [-0.1, -0.05) is 6.07 Å². The monoisotopic (exact) mass is 374 g/mol. The lowest BCUT2D eigenvalue weighted by Gasteiger charge is -2.35. The van der Waals surface area contributed by atoms with E-state index in [0.717, 1.165) is 5.70 Å². The van der Waals surface area contributed by atoms with Crippen molar-refractivity contribution < 1.29 is 19.1 Å². The van der Waals surface area contributed by atoms with Gasteiger partial charge in [0.2, 0.25) is 0 Å². The predicted octanol–water partition coefficient (Wildman–Crippen LogP) is 3.18. The first-order valence-corrected chi connectivity index (χ1v) is 9.17. The van der Waals surface area contributed by atoms with Crippen LogP contribution in [-0.4, -0.2) is 24.6 Å².